The van der Waals surface area contributed by atoms with E-state index in [1.54, 1.807) is 0 Å². The first kappa shape index (κ1) is 12.6. The molecule has 0 aliphatic heterocycles. The molecule has 0 saturated heterocycles. The summed E-state index contributed by atoms with van der Waals surface area (Å²) >= 11 is 0. The van der Waals surface area contributed by atoms with Crippen molar-refractivity contribution in [3.05, 3.63) is 41.6 Å². The molecule has 0 bridgehead atoms. The topological polar surface area (TPSA) is 24.9 Å². The van der Waals surface area contributed by atoms with Crippen molar-refractivity contribution in [3.63, 3.8) is 0 Å². The summed E-state index contributed by atoms with van der Waals surface area (Å²) in [7, 11) is 2.05. The first-order valence-electron chi connectivity index (χ1n) is 7.31. The summed E-state index contributed by atoms with van der Waals surface area (Å²) in [5, 5.41) is 4.72. The molecule has 1 fully saturated rings. The van der Waals surface area contributed by atoms with Crippen LogP contribution in [0.3, 0.4) is 0 Å². The summed E-state index contributed by atoms with van der Waals surface area (Å²) in [5.41, 5.74) is 3.64. The zero-order chi connectivity index (χ0) is 13.2. The van der Waals surface area contributed by atoms with Gasteiger partial charge >= 0.3 is 0 Å². The second-order valence-electron chi connectivity index (χ2n) is 5.76. The van der Waals surface area contributed by atoms with Crippen LogP contribution in [0.4, 0.5) is 0 Å². The van der Waals surface area contributed by atoms with Gasteiger partial charge in [-0.1, -0.05) is 37.5 Å². The van der Waals surface area contributed by atoms with Crippen molar-refractivity contribution < 1.29 is 0 Å². The highest BCUT2D eigenvalue weighted by Gasteiger charge is 2.23. The van der Waals surface area contributed by atoms with Gasteiger partial charge in [-0.05, 0) is 44.0 Å². The van der Waals surface area contributed by atoms with Gasteiger partial charge in [-0.25, -0.2) is 0 Å². The van der Waals surface area contributed by atoms with Crippen molar-refractivity contribution in [2.75, 3.05) is 7.05 Å². The predicted octanol–water partition coefficient (Wildman–Crippen LogP) is 3.99. The number of pyridine rings is 1. The number of para-hydroxylation sites is 1. The maximum Gasteiger partial charge on any atom is 0.0708 e. The van der Waals surface area contributed by atoms with E-state index in [0.717, 1.165) is 11.4 Å². The van der Waals surface area contributed by atoms with Crippen LogP contribution >= 0.6 is 0 Å². The second-order valence-corrected chi connectivity index (χ2v) is 5.76. The quantitative estimate of drug-likeness (QED) is 0.892. The Hall–Kier alpha value is -1.41. The molecule has 1 aromatic carbocycles. The van der Waals surface area contributed by atoms with E-state index in [1.807, 2.05) is 0 Å². The van der Waals surface area contributed by atoms with Crippen LogP contribution in [0.2, 0.25) is 0 Å². The molecule has 1 aromatic heterocycles. The number of fused-ring (bicyclic) bond motifs is 1. The molecule has 100 valence electrons. The smallest absolute Gasteiger partial charge is 0.0708 e. The summed E-state index contributed by atoms with van der Waals surface area (Å²) in [6, 6.07) is 11.1. The molecule has 1 saturated carbocycles. The normalized spacial score (nSPS) is 17.4. The number of aromatic nitrogens is 1. The Morgan fingerprint density at radius 3 is 2.79 bits per heavy atom. The molecule has 2 nitrogen and oxygen atoms in total. The molecule has 1 aliphatic rings. The summed E-state index contributed by atoms with van der Waals surface area (Å²) in [4.78, 5) is 4.86. The second kappa shape index (κ2) is 5.30. The van der Waals surface area contributed by atoms with Gasteiger partial charge in [0.05, 0.1) is 11.2 Å². The van der Waals surface area contributed by atoms with Crippen molar-refractivity contribution in [1.29, 1.82) is 0 Å². The Morgan fingerprint density at radius 2 is 2.11 bits per heavy atom. The predicted molar refractivity (Wildman–Crippen MR) is 80.2 cm³/mol. The minimum Gasteiger partial charge on any atom is -0.312 e. The molecular weight excluding hydrogens is 232 g/mol. The van der Waals surface area contributed by atoms with Gasteiger partial charge in [0.2, 0.25) is 0 Å². The largest absolute Gasteiger partial charge is 0.312 e. The maximum absolute atomic E-state index is 4.86. The molecule has 1 N–H and O–H groups in total. The Morgan fingerprint density at radius 1 is 1.32 bits per heavy atom. The first-order valence-corrected chi connectivity index (χ1v) is 7.31. The van der Waals surface area contributed by atoms with Crippen molar-refractivity contribution in [2.24, 2.45) is 5.92 Å². The fourth-order valence-electron chi connectivity index (χ4n) is 3.00. The molecule has 2 aromatic rings. The van der Waals surface area contributed by atoms with Gasteiger partial charge in [0.1, 0.15) is 0 Å². The van der Waals surface area contributed by atoms with E-state index in [2.05, 4.69) is 49.6 Å². The van der Waals surface area contributed by atoms with E-state index in [-0.39, 0.29) is 0 Å². The molecule has 2 heteroatoms. The van der Waals surface area contributed by atoms with Gasteiger partial charge in [-0.15, -0.1) is 0 Å². The lowest BCUT2D eigenvalue weighted by molar-refractivity contribution is 0.264. The van der Waals surface area contributed by atoms with Crippen molar-refractivity contribution >= 4 is 10.9 Å². The van der Waals surface area contributed by atoms with E-state index in [4.69, 9.17) is 4.98 Å². The summed E-state index contributed by atoms with van der Waals surface area (Å²) < 4.78 is 0. The van der Waals surface area contributed by atoms with Crippen LogP contribution in [0.25, 0.3) is 10.9 Å². The number of benzene rings is 1. The standard InChI is InChI=1S/C17H22N2/c1-12-10-17(16(18-2)11-13-6-5-7-13)19-15-9-4-3-8-14(12)15/h3-4,8-10,13,16,18H,5-7,11H2,1-2H3. The number of rotatable bonds is 4. The molecular formula is C17H22N2. The minimum absolute atomic E-state index is 0.397. The Labute approximate surface area is 115 Å². The van der Waals surface area contributed by atoms with Crippen molar-refractivity contribution in [3.8, 4) is 0 Å². The molecule has 3 rings (SSSR count). The van der Waals surface area contributed by atoms with E-state index in [0.29, 0.717) is 6.04 Å². The molecule has 1 unspecified atom stereocenters. The molecule has 1 aliphatic carbocycles. The zero-order valence-corrected chi connectivity index (χ0v) is 11.8. The van der Waals surface area contributed by atoms with Gasteiger partial charge in [0.15, 0.2) is 0 Å². The van der Waals surface area contributed by atoms with Gasteiger partial charge in [0.25, 0.3) is 0 Å². The Kier molecular flexibility index (Phi) is 3.52. The average molecular weight is 254 g/mol. The fourth-order valence-corrected chi connectivity index (χ4v) is 3.00. The Bertz CT molecular complexity index is 572. The highest BCUT2D eigenvalue weighted by Crippen LogP contribution is 2.34. The number of nitrogens with zero attached hydrogens (tertiary/aromatic N) is 1. The number of hydrogen-bond acceptors (Lipinski definition) is 2. The lowest BCUT2D eigenvalue weighted by atomic mass is 9.80. The third-order valence-corrected chi connectivity index (χ3v) is 4.44. The van der Waals surface area contributed by atoms with Crippen LogP contribution in [0, 0.1) is 12.8 Å². The monoisotopic (exact) mass is 254 g/mol. The summed E-state index contributed by atoms with van der Waals surface area (Å²) in [6.07, 6.45) is 5.42. The van der Waals surface area contributed by atoms with Crippen LogP contribution in [-0.2, 0) is 0 Å². The first-order chi connectivity index (χ1) is 9.28. The SMILES string of the molecule is CNC(CC1CCC1)c1cc(C)c2ccccc2n1. The third kappa shape index (κ3) is 2.50. The summed E-state index contributed by atoms with van der Waals surface area (Å²) in [5.74, 6) is 0.894. The highest BCUT2D eigenvalue weighted by molar-refractivity contribution is 5.82. The van der Waals surface area contributed by atoms with E-state index < -0.39 is 0 Å². The molecule has 1 atom stereocenters. The highest BCUT2D eigenvalue weighted by atomic mass is 14.9. The Balaban J connectivity index is 1.93. The van der Waals surface area contributed by atoms with Gasteiger partial charge in [0, 0.05) is 11.4 Å². The number of hydrogen-bond donors (Lipinski definition) is 1. The van der Waals surface area contributed by atoms with Gasteiger partial charge in [-0.3, -0.25) is 4.98 Å². The average Bonchev–Trinajstić information content (AvgIpc) is 2.38. The maximum atomic E-state index is 4.86. The van der Waals surface area contributed by atoms with E-state index in [9.17, 15) is 0 Å². The van der Waals surface area contributed by atoms with Crippen LogP contribution < -0.4 is 5.32 Å². The van der Waals surface area contributed by atoms with E-state index in [1.165, 1.54) is 42.3 Å². The molecule has 0 radical (unpaired) electrons. The lowest BCUT2D eigenvalue weighted by Gasteiger charge is -2.29. The molecule has 0 spiro atoms. The number of nitrogens with one attached hydrogen (secondary N) is 1. The minimum atomic E-state index is 0.397. The van der Waals surface area contributed by atoms with Crippen LogP contribution in [-0.4, -0.2) is 12.0 Å². The van der Waals surface area contributed by atoms with E-state index >= 15 is 0 Å². The molecule has 0 amide bonds. The van der Waals surface area contributed by atoms with Crippen molar-refractivity contribution in [1.82, 2.24) is 10.3 Å². The van der Waals surface area contributed by atoms with Gasteiger partial charge in [-0.2, -0.15) is 0 Å². The summed E-state index contributed by atoms with van der Waals surface area (Å²) in [6.45, 7) is 2.18. The van der Waals surface area contributed by atoms with Crippen LogP contribution in [0.1, 0.15) is 43.0 Å². The lowest BCUT2D eigenvalue weighted by Crippen LogP contribution is -2.24. The fraction of sp³-hybridized carbons (Fsp3) is 0.471. The number of aryl methyl sites for hydroxylation is 1. The molecule has 19 heavy (non-hydrogen) atoms. The van der Waals surface area contributed by atoms with Crippen LogP contribution in [0.15, 0.2) is 30.3 Å². The molecule has 1 heterocycles. The van der Waals surface area contributed by atoms with Crippen molar-refractivity contribution in [2.45, 2.75) is 38.6 Å². The zero-order valence-electron chi connectivity index (χ0n) is 11.8. The van der Waals surface area contributed by atoms with Crippen LogP contribution in [0.5, 0.6) is 0 Å². The van der Waals surface area contributed by atoms with Gasteiger partial charge < -0.3 is 5.32 Å². The third-order valence-electron chi connectivity index (χ3n) is 4.44.